The van der Waals surface area contributed by atoms with Crippen LogP contribution >= 0.6 is 0 Å². The van der Waals surface area contributed by atoms with Crippen LogP contribution in [0.3, 0.4) is 0 Å². The molecule has 0 radical (unpaired) electrons. The molecular weight excluding hydrogens is 288 g/mol. The van der Waals surface area contributed by atoms with Crippen molar-refractivity contribution in [3.05, 3.63) is 23.3 Å². The maximum absolute atomic E-state index is 12.9. The molecule has 1 saturated heterocycles. The predicted molar refractivity (Wildman–Crippen MR) is 83.7 cm³/mol. The Labute approximate surface area is 127 Å². The summed E-state index contributed by atoms with van der Waals surface area (Å²) in [6.45, 7) is 6.97. The maximum Gasteiger partial charge on any atom is 0.245 e. The van der Waals surface area contributed by atoms with Gasteiger partial charge in [0.25, 0.3) is 0 Å². The summed E-state index contributed by atoms with van der Waals surface area (Å²) in [5.74, 6) is 0. The van der Waals surface area contributed by atoms with E-state index >= 15 is 0 Å². The Morgan fingerprint density at radius 2 is 2.00 bits per heavy atom. The zero-order valence-corrected chi connectivity index (χ0v) is 13.7. The number of sulfonamides is 1. The highest BCUT2D eigenvalue weighted by molar-refractivity contribution is 7.89. The summed E-state index contributed by atoms with van der Waals surface area (Å²) >= 11 is 0. The van der Waals surface area contributed by atoms with Crippen molar-refractivity contribution < 1.29 is 13.2 Å². The standard InChI is InChI=1S/C15H24N2O3S/c1-4-17(10-13-6-5-9-20-13)21(18,19)15-12(3)8-7-11(2)14(15)16/h7-8,13H,4-6,9-10,16H2,1-3H3. The molecule has 0 aromatic heterocycles. The smallest absolute Gasteiger partial charge is 0.245 e. The van der Waals surface area contributed by atoms with Gasteiger partial charge in [0.15, 0.2) is 0 Å². The topological polar surface area (TPSA) is 72.6 Å². The van der Waals surface area contributed by atoms with E-state index in [2.05, 4.69) is 0 Å². The van der Waals surface area contributed by atoms with E-state index in [4.69, 9.17) is 10.5 Å². The molecule has 0 aliphatic carbocycles. The van der Waals surface area contributed by atoms with Gasteiger partial charge in [0, 0.05) is 19.7 Å². The molecule has 1 atom stereocenters. The molecule has 5 nitrogen and oxygen atoms in total. The number of nitrogens with zero attached hydrogens (tertiary/aromatic N) is 1. The molecule has 1 aromatic rings. The molecule has 1 unspecified atom stereocenters. The van der Waals surface area contributed by atoms with Gasteiger partial charge in [0.2, 0.25) is 10.0 Å². The number of hydrogen-bond donors (Lipinski definition) is 1. The molecule has 1 aliphatic heterocycles. The third-order valence-electron chi connectivity index (χ3n) is 3.99. The zero-order valence-electron chi connectivity index (χ0n) is 12.9. The van der Waals surface area contributed by atoms with Gasteiger partial charge in [-0.3, -0.25) is 0 Å². The molecule has 0 bridgehead atoms. The van der Waals surface area contributed by atoms with Crippen LogP contribution in [0.1, 0.15) is 30.9 Å². The van der Waals surface area contributed by atoms with Crippen LogP contribution in [0.15, 0.2) is 17.0 Å². The molecule has 21 heavy (non-hydrogen) atoms. The number of nitrogen functional groups attached to an aromatic ring is 1. The summed E-state index contributed by atoms with van der Waals surface area (Å²) in [5, 5.41) is 0. The van der Waals surface area contributed by atoms with Crippen LogP contribution in [0.25, 0.3) is 0 Å². The molecule has 1 aliphatic rings. The number of aryl methyl sites for hydroxylation is 2. The minimum atomic E-state index is -3.59. The molecule has 0 spiro atoms. The third-order valence-corrected chi connectivity index (χ3v) is 6.14. The van der Waals surface area contributed by atoms with E-state index in [1.165, 1.54) is 4.31 Å². The van der Waals surface area contributed by atoms with E-state index in [1.807, 2.05) is 19.9 Å². The molecule has 6 heteroatoms. The van der Waals surface area contributed by atoms with Crippen LogP contribution in [0.2, 0.25) is 0 Å². The highest BCUT2D eigenvalue weighted by atomic mass is 32.2. The first-order valence-corrected chi connectivity index (χ1v) is 8.79. The SMILES string of the molecule is CCN(CC1CCCO1)S(=O)(=O)c1c(C)ccc(C)c1N. The summed E-state index contributed by atoms with van der Waals surface area (Å²) < 4.78 is 32.9. The highest BCUT2D eigenvalue weighted by Crippen LogP contribution is 2.29. The van der Waals surface area contributed by atoms with Gasteiger partial charge < -0.3 is 10.5 Å². The van der Waals surface area contributed by atoms with Gasteiger partial charge in [0.1, 0.15) is 4.90 Å². The Balaban J connectivity index is 2.37. The van der Waals surface area contributed by atoms with Crippen molar-refractivity contribution in [3.63, 3.8) is 0 Å². The molecule has 0 saturated carbocycles. The summed E-state index contributed by atoms with van der Waals surface area (Å²) in [7, 11) is -3.59. The number of benzene rings is 1. The Hall–Kier alpha value is -1.11. The van der Waals surface area contributed by atoms with E-state index in [1.54, 1.807) is 13.0 Å². The lowest BCUT2D eigenvalue weighted by molar-refractivity contribution is 0.0947. The van der Waals surface area contributed by atoms with E-state index in [-0.39, 0.29) is 11.0 Å². The van der Waals surface area contributed by atoms with E-state index in [9.17, 15) is 8.42 Å². The van der Waals surface area contributed by atoms with E-state index in [0.717, 1.165) is 18.4 Å². The van der Waals surface area contributed by atoms with Crippen LogP contribution in [0, 0.1) is 13.8 Å². The molecular formula is C15H24N2O3S. The Morgan fingerprint density at radius 3 is 2.57 bits per heavy atom. The summed E-state index contributed by atoms with van der Waals surface area (Å²) in [5.41, 5.74) is 7.85. The van der Waals surface area contributed by atoms with E-state index < -0.39 is 10.0 Å². The van der Waals surface area contributed by atoms with Crippen molar-refractivity contribution in [1.29, 1.82) is 0 Å². The number of rotatable bonds is 5. The van der Waals surface area contributed by atoms with Gasteiger partial charge in [-0.05, 0) is 37.8 Å². The molecule has 1 fully saturated rings. The van der Waals surface area contributed by atoms with Crippen LogP contribution in [-0.4, -0.2) is 38.5 Å². The average molecular weight is 312 g/mol. The molecule has 0 amide bonds. The molecule has 1 aromatic carbocycles. The van der Waals surface area contributed by atoms with Gasteiger partial charge >= 0.3 is 0 Å². The number of ether oxygens (including phenoxy) is 1. The molecule has 1 heterocycles. The predicted octanol–water partition coefficient (Wildman–Crippen LogP) is 2.08. The van der Waals surface area contributed by atoms with Crippen molar-refractivity contribution in [1.82, 2.24) is 4.31 Å². The first-order chi connectivity index (χ1) is 9.87. The number of nitrogens with two attached hydrogens (primary N) is 1. The summed E-state index contributed by atoms with van der Waals surface area (Å²) in [6, 6.07) is 3.65. The van der Waals surface area contributed by atoms with Crippen LogP contribution in [0.4, 0.5) is 5.69 Å². The van der Waals surface area contributed by atoms with Crippen molar-refractivity contribution in [2.45, 2.75) is 44.6 Å². The third kappa shape index (κ3) is 3.22. The van der Waals surface area contributed by atoms with Crippen LogP contribution in [0.5, 0.6) is 0 Å². The van der Waals surface area contributed by atoms with Crippen LogP contribution < -0.4 is 5.73 Å². The fourth-order valence-electron chi connectivity index (χ4n) is 2.69. The van der Waals surface area contributed by atoms with Crippen LogP contribution in [-0.2, 0) is 14.8 Å². The fourth-order valence-corrected chi connectivity index (χ4v) is 4.57. The maximum atomic E-state index is 12.9. The Morgan fingerprint density at radius 1 is 1.33 bits per heavy atom. The summed E-state index contributed by atoms with van der Waals surface area (Å²) in [4.78, 5) is 0.238. The lowest BCUT2D eigenvalue weighted by Gasteiger charge is -2.25. The second-order valence-corrected chi connectivity index (χ2v) is 7.41. The minimum absolute atomic E-state index is 0.00827. The fraction of sp³-hybridized carbons (Fsp3) is 0.600. The largest absolute Gasteiger partial charge is 0.397 e. The number of anilines is 1. The van der Waals surface area contributed by atoms with Gasteiger partial charge in [-0.15, -0.1) is 0 Å². The lowest BCUT2D eigenvalue weighted by atomic mass is 10.1. The first-order valence-electron chi connectivity index (χ1n) is 7.35. The quantitative estimate of drug-likeness (QED) is 0.845. The minimum Gasteiger partial charge on any atom is -0.397 e. The van der Waals surface area contributed by atoms with Crippen molar-refractivity contribution in [2.75, 3.05) is 25.4 Å². The van der Waals surface area contributed by atoms with Crippen molar-refractivity contribution in [3.8, 4) is 0 Å². The Bertz CT molecular complexity index is 608. The number of likely N-dealkylation sites (N-methyl/N-ethyl adjacent to an activating group) is 1. The number of hydrogen-bond acceptors (Lipinski definition) is 4. The van der Waals surface area contributed by atoms with Gasteiger partial charge in [0.05, 0.1) is 11.8 Å². The van der Waals surface area contributed by atoms with E-state index in [0.29, 0.717) is 30.9 Å². The average Bonchev–Trinajstić information content (AvgIpc) is 2.93. The highest BCUT2D eigenvalue weighted by Gasteiger charge is 2.30. The lowest BCUT2D eigenvalue weighted by Crippen LogP contribution is -2.37. The second kappa shape index (κ2) is 6.34. The molecule has 2 N–H and O–H groups in total. The van der Waals surface area contributed by atoms with Crippen molar-refractivity contribution in [2.24, 2.45) is 0 Å². The summed E-state index contributed by atoms with van der Waals surface area (Å²) in [6.07, 6.45) is 1.90. The van der Waals surface area contributed by atoms with Gasteiger partial charge in [-0.2, -0.15) is 4.31 Å². The normalized spacial score (nSPS) is 19.3. The zero-order chi connectivity index (χ0) is 15.6. The molecule has 118 valence electrons. The monoisotopic (exact) mass is 312 g/mol. The molecule has 2 rings (SSSR count). The van der Waals surface area contributed by atoms with Gasteiger partial charge in [-0.25, -0.2) is 8.42 Å². The van der Waals surface area contributed by atoms with Gasteiger partial charge in [-0.1, -0.05) is 19.1 Å². The Kier molecular flexibility index (Phi) is 4.91. The second-order valence-electron chi connectivity index (χ2n) is 5.53. The first kappa shape index (κ1) is 16.3. The van der Waals surface area contributed by atoms with Crippen molar-refractivity contribution >= 4 is 15.7 Å².